The first-order valence-electron chi connectivity index (χ1n) is 7.52. The van der Waals surface area contributed by atoms with Crippen LogP contribution in [0.5, 0.6) is 0 Å². The Morgan fingerprint density at radius 2 is 1.62 bits per heavy atom. The molecule has 0 radical (unpaired) electrons. The van der Waals surface area contributed by atoms with Gasteiger partial charge >= 0.3 is 0 Å². The van der Waals surface area contributed by atoms with Gasteiger partial charge < -0.3 is 0 Å². The lowest BCUT2D eigenvalue weighted by Gasteiger charge is -2.54. The summed E-state index contributed by atoms with van der Waals surface area (Å²) in [6.07, 6.45) is 10.7. The van der Waals surface area contributed by atoms with Gasteiger partial charge in [0.2, 0.25) is 0 Å². The van der Waals surface area contributed by atoms with Crippen LogP contribution in [-0.4, -0.2) is 0 Å². The van der Waals surface area contributed by atoms with Gasteiger partial charge in [0, 0.05) is 0 Å². The SMILES string of the molecule is CC(C)CC1CC2CCC1(CC(C)C)CC2. The molecule has 0 saturated heterocycles. The largest absolute Gasteiger partial charge is 0.0628 e. The molecule has 0 nitrogen and oxygen atoms in total. The Morgan fingerprint density at radius 3 is 2.12 bits per heavy atom. The van der Waals surface area contributed by atoms with Crippen LogP contribution in [0.1, 0.15) is 72.6 Å². The molecule has 0 aromatic carbocycles. The van der Waals surface area contributed by atoms with Crippen molar-refractivity contribution in [3.63, 3.8) is 0 Å². The van der Waals surface area contributed by atoms with Gasteiger partial charge in [-0.3, -0.25) is 0 Å². The predicted octanol–water partition coefficient (Wildman–Crippen LogP) is 5.28. The minimum atomic E-state index is 0.757. The third-order valence-electron chi connectivity index (χ3n) is 5.16. The van der Waals surface area contributed by atoms with Crippen LogP contribution in [0, 0.1) is 29.1 Å². The van der Waals surface area contributed by atoms with Crippen molar-refractivity contribution >= 4 is 0 Å². The number of fused-ring (bicyclic) bond motifs is 3. The highest BCUT2D eigenvalue weighted by molar-refractivity contribution is 4.97. The first-order valence-corrected chi connectivity index (χ1v) is 7.52. The van der Waals surface area contributed by atoms with Gasteiger partial charge in [-0.2, -0.15) is 0 Å². The van der Waals surface area contributed by atoms with Crippen LogP contribution in [0.3, 0.4) is 0 Å². The van der Waals surface area contributed by atoms with E-state index in [0.29, 0.717) is 0 Å². The molecular weight excluding hydrogens is 192 g/mol. The fourth-order valence-electron chi connectivity index (χ4n) is 4.65. The molecule has 0 spiro atoms. The maximum absolute atomic E-state index is 2.42. The van der Waals surface area contributed by atoms with Crippen molar-refractivity contribution in [1.29, 1.82) is 0 Å². The van der Waals surface area contributed by atoms with Gasteiger partial charge in [0.15, 0.2) is 0 Å². The van der Waals surface area contributed by atoms with Gasteiger partial charge in [-0.1, -0.05) is 27.7 Å². The van der Waals surface area contributed by atoms with E-state index in [2.05, 4.69) is 27.7 Å². The summed E-state index contributed by atoms with van der Waals surface area (Å²) in [5.41, 5.74) is 0.757. The molecule has 3 fully saturated rings. The molecule has 2 bridgehead atoms. The zero-order chi connectivity index (χ0) is 11.8. The molecule has 3 saturated carbocycles. The highest BCUT2D eigenvalue weighted by Gasteiger charge is 2.47. The normalized spacial score (nSPS) is 38.6. The van der Waals surface area contributed by atoms with Crippen LogP contribution in [0.15, 0.2) is 0 Å². The van der Waals surface area contributed by atoms with E-state index >= 15 is 0 Å². The van der Waals surface area contributed by atoms with Crippen LogP contribution < -0.4 is 0 Å². The van der Waals surface area contributed by atoms with E-state index in [1.54, 1.807) is 32.1 Å². The molecule has 0 heteroatoms. The lowest BCUT2D eigenvalue weighted by atomic mass is 9.51. The molecular formula is C16H30. The summed E-state index contributed by atoms with van der Waals surface area (Å²) in [7, 11) is 0. The van der Waals surface area contributed by atoms with E-state index in [1.807, 2.05) is 0 Å². The fraction of sp³-hybridized carbons (Fsp3) is 1.00. The average Bonchev–Trinajstić information content (AvgIpc) is 2.18. The van der Waals surface area contributed by atoms with Gasteiger partial charge in [-0.15, -0.1) is 0 Å². The number of hydrogen-bond donors (Lipinski definition) is 0. The Labute approximate surface area is 102 Å². The van der Waals surface area contributed by atoms with Crippen molar-refractivity contribution in [3.05, 3.63) is 0 Å². The molecule has 0 aromatic rings. The molecule has 3 aliphatic carbocycles. The van der Waals surface area contributed by atoms with E-state index in [-0.39, 0.29) is 0 Å². The van der Waals surface area contributed by atoms with E-state index in [9.17, 15) is 0 Å². The second-order valence-corrected chi connectivity index (χ2v) is 7.47. The van der Waals surface area contributed by atoms with Crippen molar-refractivity contribution in [1.82, 2.24) is 0 Å². The van der Waals surface area contributed by atoms with Gasteiger partial charge in [-0.05, 0) is 74.0 Å². The zero-order valence-corrected chi connectivity index (χ0v) is 11.8. The van der Waals surface area contributed by atoms with E-state index < -0.39 is 0 Å². The topological polar surface area (TPSA) is 0 Å². The lowest BCUT2D eigenvalue weighted by Crippen LogP contribution is -2.43. The summed E-state index contributed by atoms with van der Waals surface area (Å²) in [6.45, 7) is 9.65. The minimum Gasteiger partial charge on any atom is -0.0628 e. The molecule has 16 heavy (non-hydrogen) atoms. The summed E-state index contributed by atoms with van der Waals surface area (Å²) < 4.78 is 0. The minimum absolute atomic E-state index is 0.757. The molecule has 0 amide bonds. The standard InChI is InChI=1S/C16H30/c1-12(2)9-15-10-14-5-7-16(15,8-6-14)11-13(3)4/h12-15H,5-11H2,1-4H3. The first-order chi connectivity index (χ1) is 7.52. The van der Waals surface area contributed by atoms with Crippen molar-refractivity contribution < 1.29 is 0 Å². The lowest BCUT2D eigenvalue weighted by molar-refractivity contribution is -0.0311. The Bertz CT molecular complexity index is 216. The van der Waals surface area contributed by atoms with Gasteiger partial charge in [0.25, 0.3) is 0 Å². The molecule has 0 aliphatic heterocycles. The Kier molecular flexibility index (Phi) is 3.66. The maximum Gasteiger partial charge on any atom is -0.0266 e. The van der Waals surface area contributed by atoms with Crippen LogP contribution in [0.25, 0.3) is 0 Å². The Hall–Kier alpha value is 0. The number of hydrogen-bond acceptors (Lipinski definition) is 0. The zero-order valence-electron chi connectivity index (χ0n) is 11.8. The quantitative estimate of drug-likeness (QED) is 0.607. The van der Waals surface area contributed by atoms with Crippen LogP contribution >= 0.6 is 0 Å². The van der Waals surface area contributed by atoms with Crippen LogP contribution in [-0.2, 0) is 0 Å². The second-order valence-electron chi connectivity index (χ2n) is 7.47. The average molecular weight is 222 g/mol. The second kappa shape index (κ2) is 4.70. The molecule has 0 N–H and O–H groups in total. The van der Waals surface area contributed by atoms with E-state index in [1.165, 1.54) is 12.8 Å². The summed E-state index contributed by atoms with van der Waals surface area (Å²) in [6, 6.07) is 0. The third kappa shape index (κ3) is 2.46. The van der Waals surface area contributed by atoms with E-state index in [0.717, 1.165) is 29.1 Å². The summed E-state index contributed by atoms with van der Waals surface area (Å²) in [5, 5.41) is 0. The van der Waals surface area contributed by atoms with Gasteiger partial charge in [0.1, 0.15) is 0 Å². The fourth-order valence-corrected chi connectivity index (χ4v) is 4.65. The van der Waals surface area contributed by atoms with Crippen molar-refractivity contribution in [2.75, 3.05) is 0 Å². The Balaban J connectivity index is 2.09. The van der Waals surface area contributed by atoms with Crippen molar-refractivity contribution in [3.8, 4) is 0 Å². The molecule has 0 aromatic heterocycles. The van der Waals surface area contributed by atoms with Crippen molar-refractivity contribution in [2.24, 2.45) is 29.1 Å². The molecule has 0 heterocycles. The van der Waals surface area contributed by atoms with E-state index in [4.69, 9.17) is 0 Å². The van der Waals surface area contributed by atoms with Crippen molar-refractivity contribution in [2.45, 2.75) is 72.6 Å². The van der Waals surface area contributed by atoms with Crippen LogP contribution in [0.2, 0.25) is 0 Å². The first kappa shape index (κ1) is 12.5. The summed E-state index contributed by atoms with van der Waals surface area (Å²) >= 11 is 0. The molecule has 3 aliphatic rings. The molecule has 1 atom stereocenters. The third-order valence-corrected chi connectivity index (χ3v) is 5.16. The van der Waals surface area contributed by atoms with Crippen LogP contribution in [0.4, 0.5) is 0 Å². The highest BCUT2D eigenvalue weighted by atomic mass is 14.5. The van der Waals surface area contributed by atoms with Gasteiger partial charge in [-0.25, -0.2) is 0 Å². The Morgan fingerprint density at radius 1 is 1.00 bits per heavy atom. The monoisotopic (exact) mass is 222 g/mol. The number of rotatable bonds is 4. The maximum atomic E-state index is 2.42. The predicted molar refractivity (Wildman–Crippen MR) is 71.4 cm³/mol. The highest BCUT2D eigenvalue weighted by Crippen LogP contribution is 2.58. The van der Waals surface area contributed by atoms with Gasteiger partial charge in [0.05, 0.1) is 0 Å². The summed E-state index contributed by atoms with van der Waals surface area (Å²) in [5.74, 6) is 3.94. The smallest absolute Gasteiger partial charge is 0.0266 e. The molecule has 3 rings (SSSR count). The molecule has 94 valence electrons. The molecule has 1 unspecified atom stereocenters. The summed E-state index contributed by atoms with van der Waals surface area (Å²) in [4.78, 5) is 0.